The lowest BCUT2D eigenvalue weighted by Crippen LogP contribution is -2.43. The molecule has 0 amide bonds. The van der Waals surface area contributed by atoms with Gasteiger partial charge in [0.1, 0.15) is 0 Å². The smallest absolute Gasteiger partial charge is 0.193 e. The third-order valence-electron chi connectivity index (χ3n) is 4.91. The van der Waals surface area contributed by atoms with E-state index >= 15 is 0 Å². The molecule has 2 aliphatic heterocycles. The van der Waals surface area contributed by atoms with Crippen molar-refractivity contribution in [1.82, 2.24) is 15.1 Å². The summed E-state index contributed by atoms with van der Waals surface area (Å²) in [6.07, 6.45) is 3.90. The van der Waals surface area contributed by atoms with Crippen molar-refractivity contribution < 1.29 is 4.21 Å². The van der Waals surface area contributed by atoms with Gasteiger partial charge in [-0.25, -0.2) is 0 Å². The predicted octanol–water partition coefficient (Wildman–Crippen LogP) is 2.16. The molecule has 7 heteroatoms. The van der Waals surface area contributed by atoms with Crippen LogP contribution < -0.4 is 5.32 Å². The lowest BCUT2D eigenvalue weighted by atomic mass is 10.2. The summed E-state index contributed by atoms with van der Waals surface area (Å²) in [6, 6.07) is 10.3. The summed E-state index contributed by atoms with van der Waals surface area (Å²) in [5.74, 6) is 1.55. The fourth-order valence-electron chi connectivity index (χ4n) is 3.62. The molecule has 140 valence electrons. The Kier molecular flexibility index (Phi) is 8.65. The van der Waals surface area contributed by atoms with E-state index in [0.29, 0.717) is 18.3 Å². The molecule has 0 saturated carbocycles. The zero-order valence-electron chi connectivity index (χ0n) is 14.9. The fourth-order valence-corrected chi connectivity index (χ4v) is 4.60. The normalized spacial score (nSPS) is 22.7. The SMILES string of the molecule is CN=C(NCCS(=O)c1ccccc1)N1CCC(N2CCCC2)C1.I. The van der Waals surface area contributed by atoms with Crippen LogP contribution in [0.25, 0.3) is 0 Å². The Balaban J connectivity index is 0.00000225. The number of guanidine groups is 1. The molecule has 2 aliphatic rings. The van der Waals surface area contributed by atoms with Gasteiger partial charge in [-0.15, -0.1) is 24.0 Å². The second-order valence-corrected chi connectivity index (χ2v) is 8.04. The van der Waals surface area contributed by atoms with E-state index in [1.54, 1.807) is 0 Å². The predicted molar refractivity (Wildman–Crippen MR) is 115 cm³/mol. The number of nitrogens with zero attached hydrogens (tertiary/aromatic N) is 3. The molecule has 2 saturated heterocycles. The average molecular weight is 476 g/mol. The van der Waals surface area contributed by atoms with Gasteiger partial charge in [-0.1, -0.05) is 18.2 Å². The second kappa shape index (κ2) is 10.5. The van der Waals surface area contributed by atoms with Gasteiger partial charge in [-0.05, 0) is 44.5 Å². The van der Waals surface area contributed by atoms with Crippen molar-refractivity contribution in [3.63, 3.8) is 0 Å². The topological polar surface area (TPSA) is 47.9 Å². The van der Waals surface area contributed by atoms with Crippen LogP contribution in [0.4, 0.5) is 0 Å². The number of hydrogen-bond acceptors (Lipinski definition) is 3. The van der Waals surface area contributed by atoms with Crippen molar-refractivity contribution in [3.05, 3.63) is 30.3 Å². The molecule has 0 radical (unpaired) electrons. The second-order valence-electron chi connectivity index (χ2n) is 6.47. The maximum atomic E-state index is 12.3. The molecule has 2 unspecified atom stereocenters. The summed E-state index contributed by atoms with van der Waals surface area (Å²) >= 11 is 0. The van der Waals surface area contributed by atoms with Crippen LogP contribution in [0.2, 0.25) is 0 Å². The summed E-state index contributed by atoms with van der Waals surface area (Å²) in [7, 11) is 0.877. The number of benzene rings is 1. The van der Waals surface area contributed by atoms with Crippen LogP contribution in [0.1, 0.15) is 19.3 Å². The lowest BCUT2D eigenvalue weighted by molar-refractivity contribution is 0.249. The van der Waals surface area contributed by atoms with Crippen molar-refractivity contribution in [2.75, 3.05) is 45.5 Å². The van der Waals surface area contributed by atoms with E-state index in [9.17, 15) is 4.21 Å². The van der Waals surface area contributed by atoms with Crippen LogP contribution >= 0.6 is 24.0 Å². The average Bonchev–Trinajstić information content (AvgIpc) is 3.30. The van der Waals surface area contributed by atoms with Crippen molar-refractivity contribution in [2.45, 2.75) is 30.2 Å². The van der Waals surface area contributed by atoms with Gasteiger partial charge in [0.25, 0.3) is 0 Å². The Morgan fingerprint density at radius 3 is 2.64 bits per heavy atom. The molecule has 0 spiro atoms. The summed E-state index contributed by atoms with van der Waals surface area (Å²) in [5, 5.41) is 3.39. The molecule has 5 nitrogen and oxygen atoms in total. The van der Waals surface area contributed by atoms with Crippen molar-refractivity contribution in [3.8, 4) is 0 Å². The fraction of sp³-hybridized carbons (Fsp3) is 0.611. The van der Waals surface area contributed by atoms with Crippen molar-refractivity contribution >= 4 is 40.7 Å². The third kappa shape index (κ3) is 5.65. The highest BCUT2D eigenvalue weighted by molar-refractivity contribution is 14.0. The Labute approximate surface area is 170 Å². The number of rotatable bonds is 5. The van der Waals surface area contributed by atoms with Crippen molar-refractivity contribution in [2.24, 2.45) is 4.99 Å². The molecule has 2 fully saturated rings. The molecule has 25 heavy (non-hydrogen) atoms. The highest BCUT2D eigenvalue weighted by Crippen LogP contribution is 2.20. The van der Waals surface area contributed by atoms with Gasteiger partial charge in [0.2, 0.25) is 0 Å². The van der Waals surface area contributed by atoms with Gasteiger partial charge in [0, 0.05) is 43.4 Å². The van der Waals surface area contributed by atoms with Gasteiger partial charge < -0.3 is 10.2 Å². The standard InChI is InChI=1S/C18H28N4OS.HI/c1-19-18(20-10-14-24(23)17-7-3-2-4-8-17)22-13-9-16(15-22)21-11-5-6-12-21;/h2-4,7-8,16H,5-6,9-15H2,1H3,(H,19,20);1H. The molecule has 2 heterocycles. The van der Waals surface area contributed by atoms with E-state index in [1.807, 2.05) is 37.4 Å². The van der Waals surface area contributed by atoms with Crippen molar-refractivity contribution in [1.29, 1.82) is 0 Å². The summed E-state index contributed by atoms with van der Waals surface area (Å²) < 4.78 is 12.3. The van der Waals surface area contributed by atoms with Crippen LogP contribution in [-0.4, -0.2) is 71.5 Å². The summed E-state index contributed by atoms with van der Waals surface area (Å²) in [4.78, 5) is 10.3. The minimum absolute atomic E-state index is 0. The lowest BCUT2D eigenvalue weighted by Gasteiger charge is -2.25. The van der Waals surface area contributed by atoms with Gasteiger partial charge >= 0.3 is 0 Å². The number of halogens is 1. The minimum Gasteiger partial charge on any atom is -0.355 e. The first-order valence-electron chi connectivity index (χ1n) is 8.91. The Morgan fingerprint density at radius 2 is 1.96 bits per heavy atom. The summed E-state index contributed by atoms with van der Waals surface area (Å²) in [6.45, 7) is 5.30. The highest BCUT2D eigenvalue weighted by atomic mass is 127. The first-order valence-corrected chi connectivity index (χ1v) is 10.2. The molecule has 0 bridgehead atoms. The van der Waals surface area contributed by atoms with Gasteiger partial charge in [-0.3, -0.25) is 14.1 Å². The van der Waals surface area contributed by atoms with Gasteiger partial charge in [0.15, 0.2) is 5.96 Å². The Hall–Kier alpha value is -0.670. The van der Waals surface area contributed by atoms with Crippen LogP contribution in [0.3, 0.4) is 0 Å². The van der Waals surface area contributed by atoms with E-state index in [2.05, 4.69) is 20.1 Å². The molecule has 3 rings (SSSR count). The molecule has 1 aromatic carbocycles. The molecule has 1 aromatic rings. The number of nitrogens with one attached hydrogen (secondary N) is 1. The molecule has 0 aliphatic carbocycles. The molecule has 2 atom stereocenters. The molecule has 1 N–H and O–H groups in total. The van der Waals surface area contributed by atoms with E-state index in [0.717, 1.165) is 23.9 Å². The van der Waals surface area contributed by atoms with Crippen LogP contribution in [0, 0.1) is 0 Å². The van der Waals surface area contributed by atoms with E-state index in [4.69, 9.17) is 0 Å². The van der Waals surface area contributed by atoms with E-state index in [-0.39, 0.29) is 24.0 Å². The molecule has 0 aromatic heterocycles. The molecular formula is C18H29IN4OS. The zero-order chi connectivity index (χ0) is 16.8. The maximum absolute atomic E-state index is 12.3. The number of hydrogen-bond donors (Lipinski definition) is 1. The Morgan fingerprint density at radius 1 is 1.24 bits per heavy atom. The first kappa shape index (κ1) is 20.6. The number of likely N-dealkylation sites (tertiary alicyclic amines) is 2. The van der Waals surface area contributed by atoms with Gasteiger partial charge in [-0.2, -0.15) is 0 Å². The summed E-state index contributed by atoms with van der Waals surface area (Å²) in [5.41, 5.74) is 0. The largest absolute Gasteiger partial charge is 0.355 e. The van der Waals surface area contributed by atoms with Crippen LogP contribution in [0.15, 0.2) is 40.2 Å². The maximum Gasteiger partial charge on any atom is 0.193 e. The quantitative estimate of drug-likeness (QED) is 0.402. The first-order chi connectivity index (χ1) is 11.8. The Bertz CT molecular complexity index is 578. The van der Waals surface area contributed by atoms with Gasteiger partial charge in [0.05, 0.1) is 10.8 Å². The number of aliphatic imine (C=N–C) groups is 1. The zero-order valence-corrected chi connectivity index (χ0v) is 18.0. The molecular weight excluding hydrogens is 447 g/mol. The minimum atomic E-state index is -0.956. The highest BCUT2D eigenvalue weighted by Gasteiger charge is 2.30. The monoisotopic (exact) mass is 476 g/mol. The van der Waals surface area contributed by atoms with Crippen LogP contribution in [-0.2, 0) is 10.8 Å². The van der Waals surface area contributed by atoms with Crippen LogP contribution in [0.5, 0.6) is 0 Å². The van der Waals surface area contributed by atoms with E-state index < -0.39 is 10.8 Å². The van der Waals surface area contributed by atoms with E-state index in [1.165, 1.54) is 32.4 Å². The third-order valence-corrected chi connectivity index (χ3v) is 6.28.